The van der Waals surface area contributed by atoms with Crippen LogP contribution in [0.25, 0.3) is 0 Å². The average Bonchev–Trinajstić information content (AvgIpc) is 3.41. The highest BCUT2D eigenvalue weighted by molar-refractivity contribution is 8.00. The molecule has 0 atom stereocenters. The molecule has 1 aromatic heterocycles. The van der Waals surface area contributed by atoms with Gasteiger partial charge in [-0.05, 0) is 38.2 Å². The number of hydrogen-bond donors (Lipinski definition) is 0. The Morgan fingerprint density at radius 1 is 1.10 bits per heavy atom. The van der Waals surface area contributed by atoms with E-state index in [4.69, 9.17) is 5.10 Å². The number of nitrogens with zero attached hydrogens (tertiary/aromatic N) is 4. The van der Waals surface area contributed by atoms with Gasteiger partial charge >= 0.3 is 5.69 Å². The van der Waals surface area contributed by atoms with Gasteiger partial charge in [0.25, 0.3) is 0 Å². The van der Waals surface area contributed by atoms with E-state index in [1.165, 1.54) is 25.7 Å². The molecule has 2 aliphatic rings. The predicted molar refractivity (Wildman–Crippen MR) is 121 cm³/mol. The van der Waals surface area contributed by atoms with Crippen molar-refractivity contribution in [2.24, 2.45) is 0 Å². The van der Waals surface area contributed by atoms with Crippen LogP contribution in [0, 0.1) is 0 Å². The molecular formula is C23H32N4O2S. The lowest BCUT2D eigenvalue weighted by atomic mass is 9.96. The summed E-state index contributed by atoms with van der Waals surface area (Å²) in [6.07, 6.45) is 6.91. The highest BCUT2D eigenvalue weighted by atomic mass is 32.2. The van der Waals surface area contributed by atoms with Gasteiger partial charge in [0.1, 0.15) is 5.82 Å². The highest BCUT2D eigenvalue weighted by Gasteiger charge is 2.28. The second-order valence-electron chi connectivity index (χ2n) is 8.40. The van der Waals surface area contributed by atoms with E-state index in [-0.39, 0.29) is 17.5 Å². The number of rotatable bonds is 7. The van der Waals surface area contributed by atoms with E-state index in [0.717, 1.165) is 37.3 Å². The molecule has 30 heavy (non-hydrogen) atoms. The van der Waals surface area contributed by atoms with Crippen molar-refractivity contribution >= 4 is 17.7 Å². The fourth-order valence-electron chi connectivity index (χ4n) is 4.64. The fourth-order valence-corrected chi connectivity index (χ4v) is 5.87. The molecule has 0 unspecified atom stereocenters. The van der Waals surface area contributed by atoms with E-state index < -0.39 is 0 Å². The molecule has 1 saturated carbocycles. The lowest BCUT2D eigenvalue weighted by Crippen LogP contribution is -2.39. The van der Waals surface area contributed by atoms with Gasteiger partial charge in [-0.3, -0.25) is 9.36 Å². The molecule has 4 rings (SSSR count). The lowest BCUT2D eigenvalue weighted by Gasteiger charge is -2.31. The third-order valence-electron chi connectivity index (χ3n) is 6.40. The monoisotopic (exact) mass is 428 g/mol. The maximum absolute atomic E-state index is 12.8. The number of thioether (sulfide) groups is 1. The Hall–Kier alpha value is -2.02. The van der Waals surface area contributed by atoms with Gasteiger partial charge in [-0.1, -0.05) is 43.2 Å². The van der Waals surface area contributed by atoms with Crippen LogP contribution in [0.3, 0.4) is 0 Å². The topological polar surface area (TPSA) is 60.1 Å². The molecule has 6 nitrogen and oxygen atoms in total. The van der Waals surface area contributed by atoms with Crippen LogP contribution in [-0.4, -0.2) is 49.2 Å². The summed E-state index contributed by atoms with van der Waals surface area (Å²) in [4.78, 5) is 27.5. The number of aromatic nitrogens is 3. The van der Waals surface area contributed by atoms with Crippen molar-refractivity contribution in [3.05, 3.63) is 52.2 Å². The van der Waals surface area contributed by atoms with Gasteiger partial charge in [0.05, 0.1) is 12.3 Å². The minimum Gasteiger partial charge on any atom is -0.342 e. The van der Waals surface area contributed by atoms with Gasteiger partial charge in [0.15, 0.2) is 0 Å². The highest BCUT2D eigenvalue weighted by Crippen LogP contribution is 2.31. The van der Waals surface area contributed by atoms with Gasteiger partial charge in [0, 0.05) is 30.8 Å². The first-order chi connectivity index (χ1) is 14.7. The molecular weight excluding hydrogens is 396 g/mol. The maximum Gasteiger partial charge on any atom is 0.346 e. The van der Waals surface area contributed by atoms with Crippen molar-refractivity contribution in [2.45, 2.75) is 69.7 Å². The molecule has 2 heterocycles. The maximum atomic E-state index is 12.8. The minimum atomic E-state index is -0.0391. The lowest BCUT2D eigenvalue weighted by molar-refractivity contribution is -0.129. The number of carbonyl (C=O) groups is 1. The summed E-state index contributed by atoms with van der Waals surface area (Å²) in [5.41, 5.74) is 1.04. The van der Waals surface area contributed by atoms with Crippen molar-refractivity contribution < 1.29 is 4.79 Å². The largest absolute Gasteiger partial charge is 0.346 e. The molecule has 1 aliphatic carbocycles. The fraction of sp³-hybridized carbons (Fsp3) is 0.609. The van der Waals surface area contributed by atoms with Crippen LogP contribution in [0.5, 0.6) is 0 Å². The van der Waals surface area contributed by atoms with Crippen LogP contribution >= 0.6 is 11.8 Å². The van der Waals surface area contributed by atoms with Crippen molar-refractivity contribution in [1.29, 1.82) is 0 Å². The molecule has 0 spiro atoms. The molecule has 1 aromatic carbocycles. The van der Waals surface area contributed by atoms with Gasteiger partial charge in [-0.15, -0.1) is 11.8 Å². The average molecular weight is 429 g/mol. The SMILES string of the molecule is CCn1c(C2CCN(C(=O)CSC3CCCC3)CC2)nn(Cc2ccccc2)c1=O. The van der Waals surface area contributed by atoms with Crippen LogP contribution in [0.15, 0.2) is 35.1 Å². The Labute approximate surface area is 182 Å². The number of benzene rings is 1. The Morgan fingerprint density at radius 3 is 2.47 bits per heavy atom. The summed E-state index contributed by atoms with van der Waals surface area (Å²) in [5, 5.41) is 5.40. The summed E-state index contributed by atoms with van der Waals surface area (Å²) in [7, 11) is 0. The zero-order valence-corrected chi connectivity index (χ0v) is 18.6. The minimum absolute atomic E-state index is 0.0391. The van der Waals surface area contributed by atoms with E-state index in [1.807, 2.05) is 53.9 Å². The number of hydrogen-bond acceptors (Lipinski definition) is 4. The standard InChI is InChI=1S/C23H32N4O2S/c1-2-26-22(24-27(23(26)29)16-18-8-4-3-5-9-18)19-12-14-25(15-13-19)21(28)17-30-20-10-6-7-11-20/h3-5,8-9,19-20H,2,6-7,10-17H2,1H3. The first-order valence-electron chi connectivity index (χ1n) is 11.3. The van der Waals surface area contributed by atoms with E-state index >= 15 is 0 Å². The van der Waals surface area contributed by atoms with E-state index in [9.17, 15) is 9.59 Å². The summed E-state index contributed by atoms with van der Waals surface area (Å²) < 4.78 is 3.39. The Morgan fingerprint density at radius 2 is 1.80 bits per heavy atom. The van der Waals surface area contributed by atoms with Crippen molar-refractivity contribution in [3.63, 3.8) is 0 Å². The second kappa shape index (κ2) is 9.86. The van der Waals surface area contributed by atoms with E-state index in [1.54, 1.807) is 9.25 Å². The van der Waals surface area contributed by atoms with Crippen LogP contribution < -0.4 is 5.69 Å². The summed E-state index contributed by atoms with van der Waals surface area (Å²) in [5.74, 6) is 2.00. The number of amides is 1. The van der Waals surface area contributed by atoms with Crippen molar-refractivity contribution in [1.82, 2.24) is 19.2 Å². The summed E-state index contributed by atoms with van der Waals surface area (Å²) >= 11 is 1.84. The molecule has 0 bridgehead atoms. The normalized spacial score (nSPS) is 18.2. The number of carbonyl (C=O) groups excluding carboxylic acids is 1. The first-order valence-corrected chi connectivity index (χ1v) is 12.3. The van der Waals surface area contributed by atoms with Gasteiger partial charge < -0.3 is 4.90 Å². The van der Waals surface area contributed by atoms with Crippen LogP contribution in [0.1, 0.15) is 62.8 Å². The molecule has 2 aromatic rings. The molecule has 2 fully saturated rings. The van der Waals surface area contributed by atoms with Gasteiger partial charge in [-0.25, -0.2) is 9.48 Å². The molecule has 0 radical (unpaired) electrons. The molecule has 1 saturated heterocycles. The zero-order valence-electron chi connectivity index (χ0n) is 17.8. The van der Waals surface area contributed by atoms with Crippen LogP contribution in [0.4, 0.5) is 0 Å². The summed E-state index contributed by atoms with van der Waals surface area (Å²) in [6.45, 7) is 4.64. The van der Waals surface area contributed by atoms with E-state index in [2.05, 4.69) is 0 Å². The molecule has 7 heteroatoms. The van der Waals surface area contributed by atoms with Gasteiger partial charge in [-0.2, -0.15) is 5.10 Å². The third kappa shape index (κ3) is 4.82. The molecule has 0 N–H and O–H groups in total. The quantitative estimate of drug-likeness (QED) is 0.677. The Bertz CT molecular complexity index is 894. The van der Waals surface area contributed by atoms with Crippen LogP contribution in [0.2, 0.25) is 0 Å². The molecule has 162 valence electrons. The predicted octanol–water partition coefficient (Wildman–Crippen LogP) is 3.49. The molecule has 1 aliphatic heterocycles. The Kier molecular flexibility index (Phi) is 6.97. The zero-order chi connectivity index (χ0) is 20.9. The van der Waals surface area contributed by atoms with Crippen molar-refractivity contribution in [2.75, 3.05) is 18.8 Å². The smallest absolute Gasteiger partial charge is 0.342 e. The first kappa shape index (κ1) is 21.2. The number of piperidine rings is 1. The van der Waals surface area contributed by atoms with Gasteiger partial charge in [0.2, 0.25) is 5.91 Å². The van der Waals surface area contributed by atoms with Crippen molar-refractivity contribution in [3.8, 4) is 0 Å². The Balaban J connectivity index is 1.37. The van der Waals surface area contributed by atoms with E-state index in [0.29, 0.717) is 24.1 Å². The molecule has 1 amide bonds. The number of likely N-dealkylation sites (tertiary alicyclic amines) is 1. The summed E-state index contributed by atoms with van der Waals surface area (Å²) in [6, 6.07) is 9.98. The third-order valence-corrected chi connectivity index (χ3v) is 7.76. The van der Waals surface area contributed by atoms with Crippen LogP contribution in [-0.2, 0) is 17.9 Å². The second-order valence-corrected chi connectivity index (χ2v) is 9.69.